The molecule has 3 unspecified atom stereocenters. The monoisotopic (exact) mass is 274 g/mol. The Balaban J connectivity index is 2.22. The number of hydrogen-bond acceptors (Lipinski definition) is 2. The highest BCUT2D eigenvalue weighted by Crippen LogP contribution is 2.41. The normalized spacial score (nSPS) is 30.6. The largest absolute Gasteiger partial charge is 0.329 e. The Hall–Kier alpha value is -0.860. The standard InChI is InChI=1S/C18H30N2/c1-4-20(13-17-10-6-5-7-11-17)18(14-19)12-8-9-15(2)16(18)3/h5-7,10-11,15-16H,4,8-9,12-14,19H2,1-3H3. The topological polar surface area (TPSA) is 29.3 Å². The van der Waals surface area contributed by atoms with E-state index in [1.165, 1.54) is 24.8 Å². The second-order valence-electron chi connectivity index (χ2n) is 6.47. The number of likely N-dealkylation sites (N-methyl/N-ethyl adjacent to an activating group) is 1. The SMILES string of the molecule is CCN(Cc1ccccc1)C1(CN)CCCC(C)C1C. The Bertz CT molecular complexity index is 403. The van der Waals surface area contributed by atoms with Crippen molar-refractivity contribution in [1.29, 1.82) is 0 Å². The maximum absolute atomic E-state index is 6.28. The minimum absolute atomic E-state index is 0.183. The molecule has 0 aromatic heterocycles. The van der Waals surface area contributed by atoms with Crippen LogP contribution in [0.5, 0.6) is 0 Å². The molecule has 2 heteroatoms. The van der Waals surface area contributed by atoms with Gasteiger partial charge in [0.2, 0.25) is 0 Å². The molecule has 2 N–H and O–H groups in total. The first-order valence-electron chi connectivity index (χ1n) is 8.13. The molecule has 0 heterocycles. The fraction of sp³-hybridized carbons (Fsp3) is 0.667. The van der Waals surface area contributed by atoms with Gasteiger partial charge in [0, 0.05) is 18.6 Å². The quantitative estimate of drug-likeness (QED) is 0.888. The van der Waals surface area contributed by atoms with Gasteiger partial charge in [0.1, 0.15) is 0 Å². The first-order valence-corrected chi connectivity index (χ1v) is 8.13. The fourth-order valence-electron chi connectivity index (χ4n) is 3.99. The third-order valence-corrected chi connectivity index (χ3v) is 5.55. The molecular weight excluding hydrogens is 244 g/mol. The van der Waals surface area contributed by atoms with Gasteiger partial charge in [-0.15, -0.1) is 0 Å². The van der Waals surface area contributed by atoms with Gasteiger partial charge in [-0.2, -0.15) is 0 Å². The van der Waals surface area contributed by atoms with Gasteiger partial charge in [-0.05, 0) is 30.4 Å². The molecule has 0 radical (unpaired) electrons. The first kappa shape index (κ1) is 15.5. The van der Waals surface area contributed by atoms with Crippen LogP contribution >= 0.6 is 0 Å². The second-order valence-corrected chi connectivity index (χ2v) is 6.47. The fourth-order valence-corrected chi connectivity index (χ4v) is 3.99. The smallest absolute Gasteiger partial charge is 0.0363 e. The van der Waals surface area contributed by atoms with E-state index in [0.29, 0.717) is 5.92 Å². The summed E-state index contributed by atoms with van der Waals surface area (Å²) in [5, 5.41) is 0. The molecule has 1 aromatic carbocycles. The van der Waals surface area contributed by atoms with Crippen molar-refractivity contribution >= 4 is 0 Å². The van der Waals surface area contributed by atoms with Gasteiger partial charge in [0.25, 0.3) is 0 Å². The summed E-state index contributed by atoms with van der Waals surface area (Å²) in [5.74, 6) is 1.45. The lowest BCUT2D eigenvalue weighted by atomic mass is 9.67. The number of nitrogens with two attached hydrogens (primary N) is 1. The summed E-state index contributed by atoms with van der Waals surface area (Å²) in [5.41, 5.74) is 7.86. The number of nitrogens with zero attached hydrogens (tertiary/aromatic N) is 1. The summed E-state index contributed by atoms with van der Waals surface area (Å²) in [6.45, 7) is 9.94. The maximum atomic E-state index is 6.28. The summed E-state index contributed by atoms with van der Waals surface area (Å²) >= 11 is 0. The van der Waals surface area contributed by atoms with E-state index in [9.17, 15) is 0 Å². The summed E-state index contributed by atoms with van der Waals surface area (Å²) < 4.78 is 0. The maximum Gasteiger partial charge on any atom is 0.0363 e. The van der Waals surface area contributed by atoms with Crippen molar-refractivity contribution < 1.29 is 0 Å². The molecule has 1 aromatic rings. The summed E-state index contributed by atoms with van der Waals surface area (Å²) in [7, 11) is 0. The molecule has 0 bridgehead atoms. The van der Waals surface area contributed by atoms with Crippen molar-refractivity contribution in [3.8, 4) is 0 Å². The van der Waals surface area contributed by atoms with Crippen LogP contribution in [0.15, 0.2) is 30.3 Å². The van der Waals surface area contributed by atoms with Crippen LogP contribution in [0.3, 0.4) is 0 Å². The number of rotatable bonds is 5. The highest BCUT2D eigenvalue weighted by atomic mass is 15.2. The van der Waals surface area contributed by atoms with Gasteiger partial charge in [0.05, 0.1) is 0 Å². The summed E-state index contributed by atoms with van der Waals surface area (Å²) in [6.07, 6.45) is 3.91. The minimum Gasteiger partial charge on any atom is -0.329 e. The molecule has 112 valence electrons. The molecule has 1 fully saturated rings. The highest BCUT2D eigenvalue weighted by Gasteiger charge is 2.44. The molecule has 0 aliphatic heterocycles. The Morgan fingerprint density at radius 3 is 2.55 bits per heavy atom. The molecule has 0 saturated heterocycles. The minimum atomic E-state index is 0.183. The first-order chi connectivity index (χ1) is 9.64. The van der Waals surface area contributed by atoms with E-state index in [1.54, 1.807) is 0 Å². The summed E-state index contributed by atoms with van der Waals surface area (Å²) in [6, 6.07) is 10.8. The molecule has 2 rings (SSSR count). The van der Waals surface area contributed by atoms with E-state index in [2.05, 4.69) is 56.0 Å². The van der Waals surface area contributed by atoms with Crippen molar-refractivity contribution in [2.24, 2.45) is 17.6 Å². The molecule has 0 amide bonds. The summed E-state index contributed by atoms with van der Waals surface area (Å²) in [4.78, 5) is 2.63. The predicted molar refractivity (Wildman–Crippen MR) is 86.5 cm³/mol. The molecule has 20 heavy (non-hydrogen) atoms. The van der Waals surface area contributed by atoms with Gasteiger partial charge in [-0.3, -0.25) is 4.90 Å². The van der Waals surface area contributed by atoms with E-state index < -0.39 is 0 Å². The zero-order valence-electron chi connectivity index (χ0n) is 13.3. The Morgan fingerprint density at radius 1 is 1.25 bits per heavy atom. The Morgan fingerprint density at radius 2 is 1.95 bits per heavy atom. The van der Waals surface area contributed by atoms with Crippen molar-refractivity contribution in [3.63, 3.8) is 0 Å². The third kappa shape index (κ3) is 2.91. The Kier molecular flexibility index (Phi) is 5.22. The average Bonchev–Trinajstić information content (AvgIpc) is 2.49. The van der Waals surface area contributed by atoms with Gasteiger partial charge < -0.3 is 5.73 Å². The predicted octanol–water partition coefficient (Wildman–Crippen LogP) is 3.66. The van der Waals surface area contributed by atoms with Crippen LogP contribution < -0.4 is 5.73 Å². The molecule has 3 atom stereocenters. The van der Waals surface area contributed by atoms with E-state index in [0.717, 1.165) is 25.6 Å². The molecule has 1 aliphatic carbocycles. The van der Waals surface area contributed by atoms with Crippen LogP contribution in [0.1, 0.15) is 45.6 Å². The van der Waals surface area contributed by atoms with Gasteiger partial charge >= 0.3 is 0 Å². The number of hydrogen-bond donors (Lipinski definition) is 1. The van der Waals surface area contributed by atoms with Gasteiger partial charge in [0.15, 0.2) is 0 Å². The van der Waals surface area contributed by atoms with Crippen molar-refractivity contribution in [3.05, 3.63) is 35.9 Å². The van der Waals surface area contributed by atoms with E-state index >= 15 is 0 Å². The van der Waals surface area contributed by atoms with Crippen LogP contribution in [-0.2, 0) is 6.54 Å². The van der Waals surface area contributed by atoms with Crippen molar-refractivity contribution in [2.45, 2.75) is 52.1 Å². The lowest BCUT2D eigenvalue weighted by molar-refractivity contribution is -0.0133. The van der Waals surface area contributed by atoms with Crippen LogP contribution in [0.25, 0.3) is 0 Å². The molecule has 1 aliphatic rings. The van der Waals surface area contributed by atoms with E-state index in [-0.39, 0.29) is 5.54 Å². The lowest BCUT2D eigenvalue weighted by Gasteiger charge is -2.52. The molecule has 1 saturated carbocycles. The lowest BCUT2D eigenvalue weighted by Crippen LogP contribution is -2.60. The second kappa shape index (κ2) is 6.73. The van der Waals surface area contributed by atoms with E-state index in [1.807, 2.05) is 0 Å². The Labute approximate surface area is 124 Å². The van der Waals surface area contributed by atoms with Crippen LogP contribution in [0.4, 0.5) is 0 Å². The van der Waals surface area contributed by atoms with Crippen molar-refractivity contribution in [1.82, 2.24) is 4.90 Å². The average molecular weight is 274 g/mol. The van der Waals surface area contributed by atoms with Gasteiger partial charge in [-0.25, -0.2) is 0 Å². The third-order valence-electron chi connectivity index (χ3n) is 5.55. The van der Waals surface area contributed by atoms with Crippen LogP contribution in [-0.4, -0.2) is 23.5 Å². The zero-order chi connectivity index (χ0) is 14.6. The van der Waals surface area contributed by atoms with Crippen LogP contribution in [0, 0.1) is 11.8 Å². The van der Waals surface area contributed by atoms with Gasteiger partial charge in [-0.1, -0.05) is 63.9 Å². The van der Waals surface area contributed by atoms with Crippen LogP contribution in [0.2, 0.25) is 0 Å². The molecule has 2 nitrogen and oxygen atoms in total. The van der Waals surface area contributed by atoms with E-state index in [4.69, 9.17) is 5.73 Å². The highest BCUT2D eigenvalue weighted by molar-refractivity contribution is 5.15. The zero-order valence-corrected chi connectivity index (χ0v) is 13.3. The van der Waals surface area contributed by atoms with Crippen molar-refractivity contribution in [2.75, 3.05) is 13.1 Å². The molecule has 0 spiro atoms. The molecular formula is C18H30N2. The number of benzene rings is 1.